The zero-order chi connectivity index (χ0) is 9.40. The highest BCUT2D eigenvalue weighted by Crippen LogP contribution is 2.10. The Balaban J connectivity index is 3.45. The summed E-state index contributed by atoms with van der Waals surface area (Å²) in [6.45, 7) is 6.81. The van der Waals surface area contributed by atoms with E-state index in [4.69, 9.17) is 0 Å². The molecule has 0 radical (unpaired) electrons. The Morgan fingerprint density at radius 3 is 2.50 bits per heavy atom. The van der Waals surface area contributed by atoms with Gasteiger partial charge in [0.2, 0.25) is 5.91 Å². The van der Waals surface area contributed by atoms with Crippen molar-refractivity contribution in [2.24, 2.45) is 5.92 Å². The van der Waals surface area contributed by atoms with Crippen molar-refractivity contribution in [1.29, 1.82) is 0 Å². The molecule has 0 rings (SSSR count). The van der Waals surface area contributed by atoms with Gasteiger partial charge in [-0.3, -0.25) is 4.79 Å². The molecule has 0 saturated heterocycles. The molecule has 0 spiro atoms. The van der Waals surface area contributed by atoms with Crippen molar-refractivity contribution in [3.63, 3.8) is 0 Å². The molecule has 0 aliphatic carbocycles. The summed E-state index contributed by atoms with van der Waals surface area (Å²) in [5, 5.41) is 2.87. The molecule has 0 heterocycles. The first-order valence-electron chi connectivity index (χ1n) is 4.95. The van der Waals surface area contributed by atoms with Crippen molar-refractivity contribution in [3.05, 3.63) is 0 Å². The molecule has 1 N–H and O–H groups in total. The van der Waals surface area contributed by atoms with E-state index in [0.29, 0.717) is 5.92 Å². The number of hydrogen-bond donors (Lipinski definition) is 1. The Morgan fingerprint density at radius 1 is 1.42 bits per heavy atom. The topological polar surface area (TPSA) is 29.1 Å². The van der Waals surface area contributed by atoms with E-state index >= 15 is 0 Å². The Kier molecular flexibility index (Phi) is 6.82. The molecule has 0 fully saturated rings. The van der Waals surface area contributed by atoms with Crippen molar-refractivity contribution < 1.29 is 4.79 Å². The number of hydrogen-bond acceptors (Lipinski definition) is 1. The molecule has 0 bridgehead atoms. The van der Waals surface area contributed by atoms with E-state index in [2.05, 4.69) is 19.2 Å². The summed E-state index contributed by atoms with van der Waals surface area (Å²) in [5.74, 6) is 0.763. The van der Waals surface area contributed by atoms with Gasteiger partial charge < -0.3 is 5.32 Å². The molecular weight excluding hydrogens is 150 g/mol. The summed E-state index contributed by atoms with van der Waals surface area (Å²) >= 11 is 0. The molecular formula is C10H21NO. The lowest BCUT2D eigenvalue weighted by Gasteiger charge is -2.13. The smallest absolute Gasteiger partial charge is 0.216 e. The molecule has 0 aromatic rings. The predicted molar refractivity (Wildman–Crippen MR) is 52.0 cm³/mol. The van der Waals surface area contributed by atoms with Crippen LogP contribution < -0.4 is 5.32 Å². The SMILES string of the molecule is CCCCC(CC)CNC(C)=O. The lowest BCUT2D eigenvalue weighted by atomic mass is 9.99. The standard InChI is InChI=1S/C10H21NO/c1-4-6-7-10(5-2)8-11-9(3)12/h10H,4-8H2,1-3H3,(H,11,12). The minimum Gasteiger partial charge on any atom is -0.356 e. The molecule has 0 aliphatic rings. The first kappa shape index (κ1) is 11.5. The van der Waals surface area contributed by atoms with E-state index in [1.54, 1.807) is 6.92 Å². The Labute approximate surface area is 75.7 Å². The average Bonchev–Trinajstić information content (AvgIpc) is 2.05. The van der Waals surface area contributed by atoms with Gasteiger partial charge in [-0.25, -0.2) is 0 Å². The van der Waals surface area contributed by atoms with Crippen LogP contribution in [0.3, 0.4) is 0 Å². The molecule has 1 unspecified atom stereocenters. The third kappa shape index (κ3) is 6.20. The number of unbranched alkanes of at least 4 members (excludes halogenated alkanes) is 1. The maximum atomic E-state index is 10.6. The van der Waals surface area contributed by atoms with E-state index in [9.17, 15) is 4.79 Å². The second-order valence-corrected chi connectivity index (χ2v) is 3.35. The van der Waals surface area contributed by atoms with Crippen LogP contribution in [0.15, 0.2) is 0 Å². The van der Waals surface area contributed by atoms with Crippen molar-refractivity contribution in [2.45, 2.75) is 46.5 Å². The average molecular weight is 171 g/mol. The Bertz CT molecular complexity index is 123. The number of amides is 1. The monoisotopic (exact) mass is 171 g/mol. The van der Waals surface area contributed by atoms with Gasteiger partial charge in [-0.2, -0.15) is 0 Å². The first-order chi connectivity index (χ1) is 5.70. The second kappa shape index (κ2) is 7.14. The molecule has 0 aromatic carbocycles. The van der Waals surface area contributed by atoms with Crippen LogP contribution in [0, 0.1) is 5.92 Å². The zero-order valence-corrected chi connectivity index (χ0v) is 8.52. The van der Waals surface area contributed by atoms with E-state index in [1.807, 2.05) is 0 Å². The highest BCUT2D eigenvalue weighted by Gasteiger charge is 2.05. The van der Waals surface area contributed by atoms with Crippen LogP contribution in [0.25, 0.3) is 0 Å². The molecule has 1 atom stereocenters. The lowest BCUT2D eigenvalue weighted by Crippen LogP contribution is -2.26. The van der Waals surface area contributed by atoms with Crippen LogP contribution in [-0.2, 0) is 4.79 Å². The van der Waals surface area contributed by atoms with Crippen molar-refractivity contribution >= 4 is 5.91 Å². The van der Waals surface area contributed by atoms with Gasteiger partial charge in [0.25, 0.3) is 0 Å². The van der Waals surface area contributed by atoms with Crippen LogP contribution in [-0.4, -0.2) is 12.5 Å². The summed E-state index contributed by atoms with van der Waals surface area (Å²) in [5.41, 5.74) is 0. The maximum Gasteiger partial charge on any atom is 0.216 e. The minimum absolute atomic E-state index is 0.0879. The number of rotatable bonds is 6. The van der Waals surface area contributed by atoms with E-state index < -0.39 is 0 Å². The van der Waals surface area contributed by atoms with Crippen LogP contribution >= 0.6 is 0 Å². The Morgan fingerprint density at radius 2 is 2.08 bits per heavy atom. The van der Waals surface area contributed by atoms with Crippen molar-refractivity contribution in [3.8, 4) is 0 Å². The molecule has 12 heavy (non-hydrogen) atoms. The fraction of sp³-hybridized carbons (Fsp3) is 0.900. The zero-order valence-electron chi connectivity index (χ0n) is 8.52. The summed E-state index contributed by atoms with van der Waals surface area (Å²) in [4.78, 5) is 10.6. The molecule has 0 saturated carbocycles. The quantitative estimate of drug-likeness (QED) is 0.653. The normalized spacial score (nSPS) is 12.6. The van der Waals surface area contributed by atoms with E-state index in [1.165, 1.54) is 25.7 Å². The molecule has 1 amide bonds. The molecule has 2 heteroatoms. The number of carbonyl (C=O) groups is 1. The summed E-state index contributed by atoms with van der Waals surface area (Å²) in [6, 6.07) is 0. The van der Waals surface area contributed by atoms with Crippen LogP contribution in [0.4, 0.5) is 0 Å². The van der Waals surface area contributed by atoms with Gasteiger partial charge in [0, 0.05) is 13.5 Å². The summed E-state index contributed by atoms with van der Waals surface area (Å²) < 4.78 is 0. The lowest BCUT2D eigenvalue weighted by molar-refractivity contribution is -0.119. The number of carbonyl (C=O) groups excluding carboxylic acids is 1. The molecule has 2 nitrogen and oxygen atoms in total. The van der Waals surface area contributed by atoms with Gasteiger partial charge in [-0.05, 0) is 12.3 Å². The highest BCUT2D eigenvalue weighted by molar-refractivity contribution is 5.72. The van der Waals surface area contributed by atoms with Crippen molar-refractivity contribution in [2.75, 3.05) is 6.54 Å². The van der Waals surface area contributed by atoms with E-state index in [0.717, 1.165) is 6.54 Å². The van der Waals surface area contributed by atoms with Gasteiger partial charge in [-0.15, -0.1) is 0 Å². The van der Waals surface area contributed by atoms with Crippen LogP contribution in [0.2, 0.25) is 0 Å². The molecule has 72 valence electrons. The summed E-state index contributed by atoms with van der Waals surface area (Å²) in [6.07, 6.45) is 4.93. The highest BCUT2D eigenvalue weighted by atomic mass is 16.1. The minimum atomic E-state index is 0.0879. The molecule has 0 aromatic heterocycles. The fourth-order valence-electron chi connectivity index (χ4n) is 1.23. The predicted octanol–water partition coefficient (Wildman–Crippen LogP) is 2.34. The van der Waals surface area contributed by atoms with Gasteiger partial charge in [0.05, 0.1) is 0 Å². The van der Waals surface area contributed by atoms with Gasteiger partial charge in [0.15, 0.2) is 0 Å². The fourth-order valence-corrected chi connectivity index (χ4v) is 1.23. The van der Waals surface area contributed by atoms with Crippen LogP contribution in [0.1, 0.15) is 46.5 Å². The Hall–Kier alpha value is -0.530. The van der Waals surface area contributed by atoms with Gasteiger partial charge in [-0.1, -0.05) is 33.1 Å². The number of nitrogens with one attached hydrogen (secondary N) is 1. The third-order valence-corrected chi connectivity index (χ3v) is 2.18. The summed E-state index contributed by atoms with van der Waals surface area (Å²) in [7, 11) is 0. The first-order valence-corrected chi connectivity index (χ1v) is 4.95. The van der Waals surface area contributed by atoms with Gasteiger partial charge >= 0.3 is 0 Å². The molecule has 0 aliphatic heterocycles. The maximum absolute atomic E-state index is 10.6. The largest absolute Gasteiger partial charge is 0.356 e. The van der Waals surface area contributed by atoms with Gasteiger partial charge in [0.1, 0.15) is 0 Å². The van der Waals surface area contributed by atoms with Crippen LogP contribution in [0.5, 0.6) is 0 Å². The third-order valence-electron chi connectivity index (χ3n) is 2.18. The van der Waals surface area contributed by atoms with E-state index in [-0.39, 0.29) is 5.91 Å². The second-order valence-electron chi connectivity index (χ2n) is 3.35. The van der Waals surface area contributed by atoms with Crippen molar-refractivity contribution in [1.82, 2.24) is 5.32 Å².